The SMILES string of the molecule is Cc1cc(NC(=O)C(CCCl)C(=O)Nc2ccc(Cl)c(C(F)(F)F)c2)ccc1Cl. The second kappa shape index (κ2) is 9.69. The molecule has 4 nitrogen and oxygen atoms in total. The molecule has 1 atom stereocenters. The second-order valence-electron chi connectivity index (χ2n) is 6.17. The van der Waals surface area contributed by atoms with E-state index in [2.05, 4.69) is 10.6 Å². The van der Waals surface area contributed by atoms with Crippen LogP contribution < -0.4 is 10.6 Å². The van der Waals surface area contributed by atoms with E-state index in [4.69, 9.17) is 34.8 Å². The van der Waals surface area contributed by atoms with Gasteiger partial charge in [0.15, 0.2) is 0 Å². The first-order chi connectivity index (χ1) is 13.5. The van der Waals surface area contributed by atoms with Crippen molar-refractivity contribution < 1.29 is 22.8 Å². The van der Waals surface area contributed by atoms with Crippen LogP contribution in [-0.2, 0) is 15.8 Å². The maximum Gasteiger partial charge on any atom is 0.417 e. The summed E-state index contributed by atoms with van der Waals surface area (Å²) in [6.45, 7) is 1.75. The van der Waals surface area contributed by atoms with Crippen LogP contribution in [0.4, 0.5) is 24.5 Å². The molecule has 0 aliphatic rings. The molecule has 0 saturated carbocycles. The van der Waals surface area contributed by atoms with E-state index in [1.807, 2.05) is 0 Å². The van der Waals surface area contributed by atoms with Crippen molar-refractivity contribution in [3.8, 4) is 0 Å². The molecule has 1 unspecified atom stereocenters. The largest absolute Gasteiger partial charge is 0.417 e. The average Bonchev–Trinajstić information content (AvgIpc) is 2.63. The summed E-state index contributed by atoms with van der Waals surface area (Å²) in [6, 6.07) is 7.73. The molecule has 0 aliphatic heterocycles. The van der Waals surface area contributed by atoms with Crippen LogP contribution in [0.15, 0.2) is 36.4 Å². The molecular weight excluding hydrogens is 452 g/mol. The van der Waals surface area contributed by atoms with Crippen molar-refractivity contribution in [2.75, 3.05) is 16.5 Å². The number of benzene rings is 2. The van der Waals surface area contributed by atoms with Gasteiger partial charge in [0, 0.05) is 22.3 Å². The molecule has 29 heavy (non-hydrogen) atoms. The number of hydrogen-bond donors (Lipinski definition) is 2. The van der Waals surface area contributed by atoms with Crippen molar-refractivity contribution in [3.05, 3.63) is 57.6 Å². The zero-order chi connectivity index (χ0) is 21.8. The van der Waals surface area contributed by atoms with Crippen LogP contribution in [-0.4, -0.2) is 17.7 Å². The van der Waals surface area contributed by atoms with Gasteiger partial charge in [-0.3, -0.25) is 9.59 Å². The van der Waals surface area contributed by atoms with E-state index < -0.39 is 34.5 Å². The number of aryl methyl sites for hydroxylation is 1. The number of nitrogens with one attached hydrogen (secondary N) is 2. The molecule has 10 heteroatoms. The fourth-order valence-electron chi connectivity index (χ4n) is 2.49. The second-order valence-corrected chi connectivity index (χ2v) is 7.36. The predicted octanol–water partition coefficient (Wildman–Crippen LogP) is 6.14. The van der Waals surface area contributed by atoms with E-state index in [9.17, 15) is 22.8 Å². The molecule has 0 aromatic heterocycles. The Labute approximate surface area is 180 Å². The van der Waals surface area contributed by atoms with Crippen LogP contribution in [0, 0.1) is 12.8 Å². The minimum absolute atomic E-state index is 0.000425. The summed E-state index contributed by atoms with van der Waals surface area (Å²) in [5.41, 5.74) is -0.0767. The van der Waals surface area contributed by atoms with Crippen LogP contribution >= 0.6 is 34.8 Å². The van der Waals surface area contributed by atoms with Crippen molar-refractivity contribution in [1.29, 1.82) is 0 Å². The summed E-state index contributed by atoms with van der Waals surface area (Å²) < 4.78 is 39.0. The van der Waals surface area contributed by atoms with Gasteiger partial charge in [-0.05, 0) is 55.3 Å². The molecule has 0 spiro atoms. The summed E-state index contributed by atoms with van der Waals surface area (Å²) >= 11 is 17.2. The standard InChI is InChI=1S/C19H16Cl3F3N2O2/c1-10-8-11(2-4-15(10)21)26-17(28)13(6-7-20)18(29)27-12-3-5-16(22)14(9-12)19(23,24)25/h2-5,8-9,13H,6-7H2,1H3,(H,26,28)(H,27,29). The van der Waals surface area contributed by atoms with Crippen LogP contribution in [0.3, 0.4) is 0 Å². The zero-order valence-electron chi connectivity index (χ0n) is 15.0. The van der Waals surface area contributed by atoms with Gasteiger partial charge in [-0.25, -0.2) is 0 Å². The molecule has 0 radical (unpaired) electrons. The molecule has 0 saturated heterocycles. The number of anilines is 2. The third kappa shape index (κ3) is 6.26. The van der Waals surface area contributed by atoms with Crippen molar-refractivity contribution >= 4 is 58.0 Å². The number of carbonyl (C=O) groups excluding carboxylic acids is 2. The zero-order valence-corrected chi connectivity index (χ0v) is 17.3. The lowest BCUT2D eigenvalue weighted by molar-refractivity contribution is -0.137. The van der Waals surface area contributed by atoms with Gasteiger partial charge in [-0.15, -0.1) is 11.6 Å². The van der Waals surface area contributed by atoms with E-state index >= 15 is 0 Å². The summed E-state index contributed by atoms with van der Waals surface area (Å²) in [5.74, 6) is -2.65. The van der Waals surface area contributed by atoms with Gasteiger partial charge in [0.05, 0.1) is 10.6 Å². The third-order valence-corrected chi connectivity index (χ3v) is 4.97. The Bertz CT molecular complexity index is 920. The van der Waals surface area contributed by atoms with Gasteiger partial charge in [-0.2, -0.15) is 13.2 Å². The first-order valence-corrected chi connectivity index (χ1v) is 9.62. The van der Waals surface area contributed by atoms with E-state index in [0.717, 1.165) is 11.6 Å². The molecule has 0 aliphatic carbocycles. The van der Waals surface area contributed by atoms with Gasteiger partial charge in [-0.1, -0.05) is 23.2 Å². The molecule has 156 valence electrons. The Morgan fingerprint density at radius 2 is 1.48 bits per heavy atom. The highest BCUT2D eigenvalue weighted by Crippen LogP contribution is 2.36. The average molecular weight is 468 g/mol. The number of halogens is 6. The molecule has 0 bridgehead atoms. The Morgan fingerprint density at radius 3 is 1.97 bits per heavy atom. The number of carbonyl (C=O) groups is 2. The van der Waals surface area contributed by atoms with Gasteiger partial charge >= 0.3 is 6.18 Å². The van der Waals surface area contributed by atoms with Crippen molar-refractivity contribution in [1.82, 2.24) is 0 Å². The van der Waals surface area contributed by atoms with Gasteiger partial charge in [0.2, 0.25) is 11.8 Å². The highest BCUT2D eigenvalue weighted by atomic mass is 35.5. The minimum atomic E-state index is -4.68. The minimum Gasteiger partial charge on any atom is -0.325 e. The van der Waals surface area contributed by atoms with E-state index in [1.54, 1.807) is 25.1 Å². The highest BCUT2D eigenvalue weighted by Gasteiger charge is 2.34. The number of amides is 2. The quantitative estimate of drug-likeness (QED) is 0.396. The summed E-state index contributed by atoms with van der Waals surface area (Å²) in [6.07, 6.45) is -4.69. The lowest BCUT2D eigenvalue weighted by Crippen LogP contribution is -2.34. The number of alkyl halides is 4. The lowest BCUT2D eigenvalue weighted by Gasteiger charge is -2.17. The summed E-state index contributed by atoms with van der Waals surface area (Å²) in [4.78, 5) is 25.1. The van der Waals surface area contributed by atoms with E-state index in [-0.39, 0.29) is 18.0 Å². The topological polar surface area (TPSA) is 58.2 Å². The third-order valence-electron chi connectivity index (χ3n) is 4.00. The smallest absolute Gasteiger partial charge is 0.325 e. The van der Waals surface area contributed by atoms with Crippen molar-refractivity contribution in [2.24, 2.45) is 5.92 Å². The molecule has 2 N–H and O–H groups in total. The van der Waals surface area contributed by atoms with Crippen molar-refractivity contribution in [2.45, 2.75) is 19.5 Å². The molecule has 2 aromatic rings. The number of hydrogen-bond acceptors (Lipinski definition) is 2. The summed E-state index contributed by atoms with van der Waals surface area (Å²) in [7, 11) is 0. The Balaban J connectivity index is 2.18. The van der Waals surface area contributed by atoms with Crippen LogP contribution in [0.25, 0.3) is 0 Å². The van der Waals surface area contributed by atoms with E-state index in [1.165, 1.54) is 6.07 Å². The predicted molar refractivity (Wildman–Crippen MR) is 109 cm³/mol. The lowest BCUT2D eigenvalue weighted by atomic mass is 10.0. The van der Waals surface area contributed by atoms with Crippen LogP contribution in [0.1, 0.15) is 17.5 Å². The molecular formula is C19H16Cl3F3N2O2. The van der Waals surface area contributed by atoms with Crippen LogP contribution in [0.2, 0.25) is 10.0 Å². The Hall–Kier alpha value is -1.96. The fourth-order valence-corrected chi connectivity index (χ4v) is 3.05. The monoisotopic (exact) mass is 466 g/mol. The number of rotatable bonds is 6. The highest BCUT2D eigenvalue weighted by molar-refractivity contribution is 6.31. The maximum absolute atomic E-state index is 13.0. The first kappa shape index (κ1) is 23.3. The molecule has 0 heterocycles. The maximum atomic E-state index is 13.0. The van der Waals surface area contributed by atoms with Gasteiger partial charge in [0.25, 0.3) is 0 Å². The molecule has 2 aromatic carbocycles. The van der Waals surface area contributed by atoms with E-state index in [0.29, 0.717) is 16.8 Å². The van der Waals surface area contributed by atoms with Crippen molar-refractivity contribution in [3.63, 3.8) is 0 Å². The molecule has 0 fully saturated rings. The molecule has 2 rings (SSSR count). The Kier molecular flexibility index (Phi) is 7.80. The Morgan fingerprint density at radius 1 is 0.966 bits per heavy atom. The fraction of sp³-hybridized carbons (Fsp3) is 0.263. The first-order valence-electron chi connectivity index (χ1n) is 8.33. The normalized spacial score (nSPS) is 12.4. The van der Waals surface area contributed by atoms with Crippen LogP contribution in [0.5, 0.6) is 0 Å². The van der Waals surface area contributed by atoms with Gasteiger partial charge in [0.1, 0.15) is 5.92 Å². The summed E-state index contributed by atoms with van der Waals surface area (Å²) in [5, 5.41) is 4.92. The van der Waals surface area contributed by atoms with Gasteiger partial charge < -0.3 is 10.6 Å². The molecule has 2 amide bonds.